The highest BCUT2D eigenvalue weighted by atomic mass is 35.5. The summed E-state index contributed by atoms with van der Waals surface area (Å²) in [6.45, 7) is 0.840. The van der Waals surface area contributed by atoms with E-state index >= 15 is 0 Å². The van der Waals surface area contributed by atoms with Crippen LogP contribution in [0.1, 0.15) is 32.7 Å². The molecule has 1 aromatic heterocycles. The van der Waals surface area contributed by atoms with E-state index in [0.717, 1.165) is 33.8 Å². The summed E-state index contributed by atoms with van der Waals surface area (Å²) >= 11 is 6.36. The third-order valence-corrected chi connectivity index (χ3v) is 6.94. The number of benzene rings is 3. The molecule has 4 aromatic rings. The molecule has 0 radical (unpaired) electrons. The van der Waals surface area contributed by atoms with E-state index in [1.165, 1.54) is 6.07 Å². The number of fused-ring (bicyclic) bond motifs is 2. The van der Waals surface area contributed by atoms with Gasteiger partial charge >= 0.3 is 0 Å². The summed E-state index contributed by atoms with van der Waals surface area (Å²) in [6, 6.07) is 19.3. The summed E-state index contributed by atoms with van der Waals surface area (Å²) in [7, 11) is 0. The zero-order valence-electron chi connectivity index (χ0n) is 21.3. The van der Waals surface area contributed by atoms with Crippen molar-refractivity contribution in [1.82, 2.24) is 20.6 Å². The maximum absolute atomic E-state index is 14.8. The standard InChI is InChI=1S/C30H25ClFN7O/c31-20-7-10-23-25(13-20)28(24-3-1-2-4-26(24)32)35-14-19-15-36-30(39-27(19)23)38-21-8-5-18(6-9-21)29(40)34-12-11-22-16-33-17-37-22/h1-10,13,15-17,30,38-39H,11-12,14H2,(H,33,37)(H,34,40). The van der Waals surface area contributed by atoms with E-state index in [1.54, 1.807) is 49.1 Å². The molecule has 2 aliphatic rings. The third kappa shape index (κ3) is 5.37. The quantitative estimate of drug-likeness (QED) is 0.263. The lowest BCUT2D eigenvalue weighted by Gasteiger charge is -2.26. The van der Waals surface area contributed by atoms with Gasteiger partial charge in [0.1, 0.15) is 5.82 Å². The zero-order valence-corrected chi connectivity index (χ0v) is 22.0. The first-order valence-corrected chi connectivity index (χ1v) is 13.2. The first-order valence-electron chi connectivity index (χ1n) is 12.8. The fourth-order valence-corrected chi connectivity index (χ4v) is 4.88. The van der Waals surface area contributed by atoms with Gasteiger partial charge in [0.15, 0.2) is 6.29 Å². The Kier molecular flexibility index (Phi) is 7.11. The molecule has 1 amide bonds. The van der Waals surface area contributed by atoms with Gasteiger partial charge in [-0.2, -0.15) is 0 Å². The molecule has 0 spiro atoms. The summed E-state index contributed by atoms with van der Waals surface area (Å²) in [4.78, 5) is 28.9. The molecule has 1 unspecified atom stereocenters. The first-order chi connectivity index (χ1) is 19.5. The van der Waals surface area contributed by atoms with Crippen LogP contribution >= 0.6 is 11.6 Å². The molecule has 0 fully saturated rings. The number of hydrogen-bond donors (Lipinski definition) is 4. The van der Waals surface area contributed by atoms with Crippen LogP contribution in [0.5, 0.6) is 0 Å². The number of anilines is 1. The molecular weight excluding hydrogens is 529 g/mol. The van der Waals surface area contributed by atoms with Gasteiger partial charge in [-0.1, -0.05) is 29.8 Å². The Bertz CT molecular complexity index is 1650. The number of aromatic nitrogens is 2. The highest BCUT2D eigenvalue weighted by molar-refractivity contribution is 6.31. The Morgan fingerprint density at radius 2 is 1.90 bits per heavy atom. The maximum Gasteiger partial charge on any atom is 0.251 e. The van der Waals surface area contributed by atoms with Crippen LogP contribution in [0, 0.1) is 5.82 Å². The minimum absolute atomic E-state index is 0.144. The molecule has 0 aliphatic carbocycles. The van der Waals surface area contributed by atoms with Crippen molar-refractivity contribution in [3.63, 3.8) is 0 Å². The molecule has 200 valence electrons. The minimum atomic E-state index is -0.466. The second-order valence-electron chi connectivity index (χ2n) is 9.36. The first kappa shape index (κ1) is 25.5. The molecule has 6 rings (SSSR count). The largest absolute Gasteiger partial charge is 0.352 e. The topological polar surface area (TPSA) is 107 Å². The molecule has 10 heteroatoms. The van der Waals surface area contributed by atoms with Gasteiger partial charge in [-0.3, -0.25) is 9.79 Å². The second kappa shape index (κ2) is 11.2. The van der Waals surface area contributed by atoms with Crippen LogP contribution in [0.15, 0.2) is 94.8 Å². The lowest BCUT2D eigenvalue weighted by molar-refractivity contribution is 0.0954. The number of carbonyl (C=O) groups is 1. The molecule has 3 heterocycles. The SMILES string of the molecule is O=C(NCCc1cnc[nH]1)c1ccc(NC2N=CC3=C(N2)c2ccc(Cl)cc2C(c2ccccc2F)=NC3)cc1. The molecule has 4 N–H and O–H groups in total. The van der Waals surface area contributed by atoms with E-state index < -0.39 is 6.29 Å². The van der Waals surface area contributed by atoms with Crippen LogP contribution in [0.25, 0.3) is 5.70 Å². The molecule has 40 heavy (non-hydrogen) atoms. The summed E-state index contributed by atoms with van der Waals surface area (Å²) in [6.07, 6.45) is 5.36. The predicted molar refractivity (Wildman–Crippen MR) is 155 cm³/mol. The Balaban J connectivity index is 1.16. The molecule has 1 atom stereocenters. The monoisotopic (exact) mass is 553 g/mol. The van der Waals surface area contributed by atoms with Gasteiger partial charge in [0.25, 0.3) is 5.91 Å². The van der Waals surface area contributed by atoms with E-state index in [0.29, 0.717) is 41.4 Å². The van der Waals surface area contributed by atoms with E-state index in [1.807, 2.05) is 30.3 Å². The molecule has 0 saturated heterocycles. The summed E-state index contributed by atoms with van der Waals surface area (Å²) in [5.41, 5.74) is 6.62. The fraction of sp³-hybridized carbons (Fsp3) is 0.133. The Labute approximate surface area is 235 Å². The van der Waals surface area contributed by atoms with Crippen molar-refractivity contribution in [1.29, 1.82) is 0 Å². The molecule has 0 saturated carbocycles. The fourth-order valence-electron chi connectivity index (χ4n) is 4.71. The number of H-pyrrole nitrogens is 1. The van der Waals surface area contributed by atoms with Gasteiger partial charge in [-0.05, 0) is 48.5 Å². The molecule has 0 bridgehead atoms. The van der Waals surface area contributed by atoms with Crippen molar-refractivity contribution in [3.05, 3.63) is 124 Å². The van der Waals surface area contributed by atoms with Crippen molar-refractivity contribution in [3.8, 4) is 0 Å². The van der Waals surface area contributed by atoms with E-state index in [9.17, 15) is 9.18 Å². The van der Waals surface area contributed by atoms with Gasteiger partial charge in [0.2, 0.25) is 0 Å². The van der Waals surface area contributed by atoms with Crippen LogP contribution in [0.3, 0.4) is 0 Å². The van der Waals surface area contributed by atoms with Gasteiger partial charge in [0, 0.05) is 69.6 Å². The average Bonchev–Trinajstić information content (AvgIpc) is 3.43. The number of imidazole rings is 1. The van der Waals surface area contributed by atoms with E-state index in [-0.39, 0.29) is 11.7 Å². The second-order valence-corrected chi connectivity index (χ2v) is 9.80. The van der Waals surface area contributed by atoms with Gasteiger partial charge < -0.3 is 20.9 Å². The van der Waals surface area contributed by atoms with E-state index in [2.05, 4.69) is 30.9 Å². The summed E-state index contributed by atoms with van der Waals surface area (Å²) < 4.78 is 14.8. The third-order valence-electron chi connectivity index (χ3n) is 6.71. The number of carbonyl (C=O) groups excluding carboxylic acids is 1. The zero-order chi connectivity index (χ0) is 27.5. The summed E-state index contributed by atoms with van der Waals surface area (Å²) in [5.74, 6) is -0.489. The number of nitrogens with one attached hydrogen (secondary N) is 4. The van der Waals surface area contributed by atoms with Gasteiger partial charge in [-0.25, -0.2) is 14.4 Å². The molecule has 2 aliphatic heterocycles. The smallest absolute Gasteiger partial charge is 0.251 e. The number of halogens is 2. The normalized spacial score (nSPS) is 15.8. The Morgan fingerprint density at radius 3 is 2.70 bits per heavy atom. The van der Waals surface area contributed by atoms with Gasteiger partial charge in [-0.15, -0.1) is 0 Å². The van der Waals surface area contributed by atoms with Gasteiger partial charge in [0.05, 0.1) is 24.3 Å². The number of rotatable bonds is 7. The van der Waals surface area contributed by atoms with Crippen LogP contribution in [-0.2, 0) is 6.42 Å². The number of amides is 1. The van der Waals surface area contributed by atoms with Crippen molar-refractivity contribution in [2.75, 3.05) is 18.4 Å². The average molecular weight is 554 g/mol. The maximum atomic E-state index is 14.8. The Hall–Kier alpha value is -4.76. The molecule has 8 nitrogen and oxygen atoms in total. The predicted octanol–water partition coefficient (Wildman–Crippen LogP) is 4.81. The number of nitrogens with zero attached hydrogens (tertiary/aromatic N) is 3. The van der Waals surface area contributed by atoms with E-state index in [4.69, 9.17) is 16.6 Å². The van der Waals surface area contributed by atoms with Crippen molar-refractivity contribution >= 4 is 40.8 Å². The van der Waals surface area contributed by atoms with Crippen molar-refractivity contribution < 1.29 is 9.18 Å². The van der Waals surface area contributed by atoms with Crippen LogP contribution in [0.2, 0.25) is 5.02 Å². The number of aliphatic imine (C=N–C) groups is 2. The lowest BCUT2D eigenvalue weighted by atomic mass is 9.94. The van der Waals surface area contributed by atoms with Crippen molar-refractivity contribution in [2.45, 2.75) is 12.7 Å². The highest BCUT2D eigenvalue weighted by Gasteiger charge is 2.26. The highest BCUT2D eigenvalue weighted by Crippen LogP contribution is 2.31. The van der Waals surface area contributed by atoms with Crippen LogP contribution < -0.4 is 16.0 Å². The minimum Gasteiger partial charge on any atom is -0.352 e. The van der Waals surface area contributed by atoms with Crippen LogP contribution in [0.4, 0.5) is 10.1 Å². The molecular formula is C30H25ClFN7O. The van der Waals surface area contributed by atoms with Crippen LogP contribution in [-0.4, -0.2) is 47.2 Å². The Morgan fingerprint density at radius 1 is 1.05 bits per heavy atom. The van der Waals surface area contributed by atoms with Crippen molar-refractivity contribution in [2.24, 2.45) is 9.98 Å². The lowest BCUT2D eigenvalue weighted by Crippen LogP contribution is -2.37. The molecule has 3 aromatic carbocycles. The number of hydrogen-bond acceptors (Lipinski definition) is 6. The summed E-state index contributed by atoms with van der Waals surface area (Å²) in [5, 5.41) is 10.3. The number of aromatic amines is 1.